The summed E-state index contributed by atoms with van der Waals surface area (Å²) in [5.41, 5.74) is 1.22. The molecule has 0 amide bonds. The van der Waals surface area contributed by atoms with Crippen molar-refractivity contribution in [2.45, 2.75) is 18.9 Å². The van der Waals surface area contributed by atoms with Crippen LogP contribution in [0, 0.1) is 0 Å². The average Bonchev–Trinajstić information content (AvgIpc) is 3.00. The molecule has 2 N–H and O–H groups in total. The van der Waals surface area contributed by atoms with Crippen molar-refractivity contribution in [3.63, 3.8) is 0 Å². The first-order valence-corrected chi connectivity index (χ1v) is 4.89. The Kier molecular flexibility index (Phi) is 2.59. The summed E-state index contributed by atoms with van der Waals surface area (Å²) >= 11 is 0. The van der Waals surface area contributed by atoms with Crippen LogP contribution in [0.25, 0.3) is 0 Å². The van der Waals surface area contributed by atoms with Crippen LogP contribution in [0.2, 0.25) is 0 Å². The van der Waals surface area contributed by atoms with Crippen LogP contribution in [0.1, 0.15) is 12.0 Å². The van der Waals surface area contributed by atoms with Crippen molar-refractivity contribution in [2.24, 2.45) is 0 Å². The van der Waals surface area contributed by atoms with Gasteiger partial charge in [-0.25, -0.2) is 0 Å². The minimum atomic E-state index is 0.209. The molecule has 0 radical (unpaired) electrons. The van der Waals surface area contributed by atoms with Gasteiger partial charge in [0.1, 0.15) is 0 Å². The first kappa shape index (κ1) is 9.34. The van der Waals surface area contributed by atoms with Gasteiger partial charge in [0.25, 0.3) is 0 Å². The molecule has 1 atom stereocenters. The zero-order chi connectivity index (χ0) is 9.97. The highest BCUT2D eigenvalue weighted by atomic mass is 16.5. The molecule has 1 unspecified atom stereocenters. The van der Waals surface area contributed by atoms with Gasteiger partial charge < -0.3 is 15.2 Å². The topological polar surface area (TPSA) is 51.4 Å². The fourth-order valence-corrected chi connectivity index (χ4v) is 1.51. The number of ether oxygens (including phenoxy) is 1. The molecule has 2 rings (SSSR count). The summed E-state index contributed by atoms with van der Waals surface area (Å²) in [5.74, 6) is 0.770. The molecule has 1 heterocycles. The monoisotopic (exact) mass is 193 g/mol. The van der Waals surface area contributed by atoms with Crippen molar-refractivity contribution in [1.29, 1.82) is 0 Å². The third kappa shape index (κ3) is 2.17. The summed E-state index contributed by atoms with van der Waals surface area (Å²) in [6.07, 6.45) is 2.20. The maximum Gasteiger partial charge on any atom is 0.160 e. The quantitative estimate of drug-likeness (QED) is 0.709. The minimum Gasteiger partial charge on any atom is -0.504 e. The van der Waals surface area contributed by atoms with Crippen molar-refractivity contribution in [3.8, 4) is 11.5 Å². The van der Waals surface area contributed by atoms with Gasteiger partial charge in [-0.2, -0.15) is 0 Å². The summed E-state index contributed by atoms with van der Waals surface area (Å²) in [4.78, 5) is 0. The number of aromatic hydroxyl groups is 1. The van der Waals surface area contributed by atoms with Gasteiger partial charge >= 0.3 is 0 Å². The van der Waals surface area contributed by atoms with E-state index in [0.29, 0.717) is 11.8 Å². The lowest BCUT2D eigenvalue weighted by Crippen LogP contribution is -1.95. The molecule has 1 aliphatic heterocycles. The number of benzene rings is 1. The van der Waals surface area contributed by atoms with Crippen molar-refractivity contribution in [2.75, 3.05) is 13.7 Å². The molecule has 3 heteroatoms. The van der Waals surface area contributed by atoms with Gasteiger partial charge in [-0.05, 0) is 30.5 Å². The third-order valence-corrected chi connectivity index (χ3v) is 2.52. The fraction of sp³-hybridized carbons (Fsp3) is 0.455. The molecule has 14 heavy (non-hydrogen) atoms. The smallest absolute Gasteiger partial charge is 0.160 e. The molecule has 1 aromatic rings. The summed E-state index contributed by atoms with van der Waals surface area (Å²) in [6, 6.07) is 6.24. The van der Waals surface area contributed by atoms with Gasteiger partial charge in [0, 0.05) is 12.6 Å². The highest BCUT2D eigenvalue weighted by Gasteiger charge is 2.19. The molecule has 3 nitrogen and oxygen atoms in total. The van der Waals surface area contributed by atoms with Crippen LogP contribution in [-0.2, 0) is 6.42 Å². The summed E-state index contributed by atoms with van der Waals surface area (Å²) in [7, 11) is 1.57. The van der Waals surface area contributed by atoms with E-state index in [1.54, 1.807) is 13.2 Å². The van der Waals surface area contributed by atoms with Crippen LogP contribution >= 0.6 is 0 Å². The van der Waals surface area contributed by atoms with Gasteiger partial charge in [-0.15, -0.1) is 0 Å². The Morgan fingerprint density at radius 1 is 1.57 bits per heavy atom. The number of nitrogens with one attached hydrogen (secondary N) is 1. The second kappa shape index (κ2) is 3.88. The largest absolute Gasteiger partial charge is 0.504 e. The maximum atomic E-state index is 9.39. The van der Waals surface area contributed by atoms with Crippen LogP contribution in [0.4, 0.5) is 0 Å². The first-order chi connectivity index (χ1) is 6.79. The first-order valence-electron chi connectivity index (χ1n) is 4.89. The van der Waals surface area contributed by atoms with E-state index in [1.165, 1.54) is 5.56 Å². The van der Waals surface area contributed by atoms with Crippen LogP contribution in [0.15, 0.2) is 18.2 Å². The van der Waals surface area contributed by atoms with E-state index >= 15 is 0 Å². The van der Waals surface area contributed by atoms with E-state index in [2.05, 4.69) is 5.32 Å². The molecule has 0 saturated carbocycles. The van der Waals surface area contributed by atoms with E-state index in [4.69, 9.17) is 4.74 Å². The van der Waals surface area contributed by atoms with E-state index in [0.717, 1.165) is 19.4 Å². The zero-order valence-corrected chi connectivity index (χ0v) is 8.29. The molecule has 0 spiro atoms. The van der Waals surface area contributed by atoms with E-state index in [-0.39, 0.29) is 5.75 Å². The van der Waals surface area contributed by atoms with Crippen molar-refractivity contribution >= 4 is 0 Å². The number of hydrogen-bond acceptors (Lipinski definition) is 3. The van der Waals surface area contributed by atoms with Crippen molar-refractivity contribution < 1.29 is 9.84 Å². The maximum absolute atomic E-state index is 9.39. The Balaban J connectivity index is 2.01. The van der Waals surface area contributed by atoms with Gasteiger partial charge in [0.15, 0.2) is 11.5 Å². The number of methoxy groups -OCH3 is 1. The Labute approximate surface area is 83.7 Å². The average molecular weight is 193 g/mol. The number of aryl methyl sites for hydroxylation is 1. The molecule has 0 aliphatic carbocycles. The number of rotatable bonds is 4. The SMILES string of the molecule is COc1cc(CCC2CN2)ccc1O. The Bertz CT molecular complexity index is 321. The van der Waals surface area contributed by atoms with Gasteiger partial charge in [0.05, 0.1) is 7.11 Å². The van der Waals surface area contributed by atoms with Gasteiger partial charge in [-0.1, -0.05) is 6.07 Å². The standard InChI is InChI=1S/C11H15NO2/c1-14-11-6-8(3-5-10(11)13)2-4-9-7-12-9/h3,5-6,9,12-13H,2,4,7H2,1H3. The molecule has 1 saturated heterocycles. The van der Waals surface area contributed by atoms with Gasteiger partial charge in [-0.3, -0.25) is 0 Å². The minimum absolute atomic E-state index is 0.209. The normalized spacial score (nSPS) is 19.4. The molecular weight excluding hydrogens is 178 g/mol. The summed E-state index contributed by atoms with van der Waals surface area (Å²) in [6.45, 7) is 1.15. The molecule has 1 fully saturated rings. The van der Waals surface area contributed by atoms with E-state index in [1.807, 2.05) is 12.1 Å². The second-order valence-corrected chi connectivity index (χ2v) is 3.65. The predicted molar refractivity (Wildman–Crippen MR) is 54.8 cm³/mol. The summed E-state index contributed by atoms with van der Waals surface area (Å²) < 4.78 is 5.04. The Morgan fingerprint density at radius 2 is 2.36 bits per heavy atom. The number of hydrogen-bond donors (Lipinski definition) is 2. The van der Waals surface area contributed by atoms with Crippen molar-refractivity contribution in [1.82, 2.24) is 5.32 Å². The number of phenols is 1. The second-order valence-electron chi connectivity index (χ2n) is 3.65. The van der Waals surface area contributed by atoms with E-state index < -0.39 is 0 Å². The summed E-state index contributed by atoms with van der Waals surface area (Å²) in [5, 5.41) is 12.7. The molecule has 1 aliphatic rings. The van der Waals surface area contributed by atoms with Crippen LogP contribution < -0.4 is 10.1 Å². The fourth-order valence-electron chi connectivity index (χ4n) is 1.51. The lowest BCUT2D eigenvalue weighted by molar-refractivity contribution is 0.373. The Hall–Kier alpha value is -1.22. The van der Waals surface area contributed by atoms with E-state index in [9.17, 15) is 5.11 Å². The highest BCUT2D eigenvalue weighted by molar-refractivity contribution is 5.41. The molecule has 0 aromatic heterocycles. The predicted octanol–water partition coefficient (Wildman–Crippen LogP) is 1.31. The number of phenolic OH excluding ortho intramolecular Hbond substituents is 1. The van der Waals surface area contributed by atoms with Gasteiger partial charge in [0.2, 0.25) is 0 Å². The lowest BCUT2D eigenvalue weighted by atomic mass is 10.1. The van der Waals surface area contributed by atoms with Crippen LogP contribution in [0.3, 0.4) is 0 Å². The highest BCUT2D eigenvalue weighted by Crippen LogP contribution is 2.27. The lowest BCUT2D eigenvalue weighted by Gasteiger charge is -2.05. The van der Waals surface area contributed by atoms with Crippen molar-refractivity contribution in [3.05, 3.63) is 23.8 Å². The third-order valence-electron chi connectivity index (χ3n) is 2.52. The van der Waals surface area contributed by atoms with Crippen LogP contribution in [0.5, 0.6) is 11.5 Å². The molecular formula is C11H15NO2. The molecule has 1 aromatic carbocycles. The Morgan fingerprint density at radius 3 is 3.00 bits per heavy atom. The molecule has 76 valence electrons. The molecule has 0 bridgehead atoms. The van der Waals surface area contributed by atoms with Crippen LogP contribution in [-0.4, -0.2) is 24.8 Å². The zero-order valence-electron chi connectivity index (χ0n) is 8.29.